The highest BCUT2D eigenvalue weighted by molar-refractivity contribution is 7.71. The number of aryl methyl sites for hydroxylation is 1. The van der Waals surface area contributed by atoms with Crippen molar-refractivity contribution in [2.24, 2.45) is 0 Å². The lowest BCUT2D eigenvalue weighted by Gasteiger charge is -2.02. The number of hydrogen-bond donors (Lipinski definition) is 2. The lowest BCUT2D eigenvalue weighted by Crippen LogP contribution is -2.14. The molecule has 0 saturated carbocycles. The van der Waals surface area contributed by atoms with Crippen molar-refractivity contribution >= 4 is 34.6 Å². The number of H-pyrrole nitrogens is 1. The first-order valence-corrected chi connectivity index (χ1v) is 8.65. The zero-order valence-corrected chi connectivity index (χ0v) is 15.0. The Morgan fingerprint density at radius 1 is 1.48 bits per heavy atom. The SMILES string of the molecule is C=CCn1c(Cc2csc(NC(=O)c3cnc(C)cn3)n2)n[nH]c1=S. The van der Waals surface area contributed by atoms with Crippen LogP contribution in [0, 0.1) is 11.7 Å². The molecule has 0 bridgehead atoms. The molecule has 0 aliphatic heterocycles. The van der Waals surface area contributed by atoms with E-state index in [9.17, 15) is 4.79 Å². The highest BCUT2D eigenvalue weighted by Crippen LogP contribution is 2.18. The van der Waals surface area contributed by atoms with Crippen molar-refractivity contribution in [2.75, 3.05) is 5.32 Å². The van der Waals surface area contributed by atoms with E-state index in [1.807, 2.05) is 16.9 Å². The van der Waals surface area contributed by atoms with Crippen molar-refractivity contribution in [3.8, 4) is 0 Å². The summed E-state index contributed by atoms with van der Waals surface area (Å²) in [6.07, 6.45) is 5.23. The Bertz CT molecular complexity index is 955. The largest absolute Gasteiger partial charge is 0.300 e. The second-order valence-corrected chi connectivity index (χ2v) is 6.41. The van der Waals surface area contributed by atoms with Gasteiger partial charge in [-0.15, -0.1) is 17.9 Å². The fourth-order valence-corrected chi connectivity index (χ4v) is 3.01. The van der Waals surface area contributed by atoms with Crippen LogP contribution in [-0.4, -0.2) is 35.6 Å². The summed E-state index contributed by atoms with van der Waals surface area (Å²) in [5.74, 6) is 0.417. The Morgan fingerprint density at radius 2 is 2.32 bits per heavy atom. The molecule has 3 aromatic rings. The van der Waals surface area contributed by atoms with Crippen LogP contribution < -0.4 is 5.32 Å². The van der Waals surface area contributed by atoms with Crippen LogP contribution in [0.2, 0.25) is 0 Å². The minimum atomic E-state index is -0.345. The van der Waals surface area contributed by atoms with Crippen molar-refractivity contribution < 1.29 is 4.79 Å². The number of nitrogens with zero attached hydrogens (tertiary/aromatic N) is 5. The van der Waals surface area contributed by atoms with Crippen LogP contribution in [0.1, 0.15) is 27.7 Å². The van der Waals surface area contributed by atoms with Gasteiger partial charge in [0.15, 0.2) is 9.90 Å². The Hall–Kier alpha value is -2.72. The lowest BCUT2D eigenvalue weighted by atomic mass is 10.3. The molecule has 3 heterocycles. The number of carbonyl (C=O) groups is 1. The van der Waals surface area contributed by atoms with Crippen LogP contribution in [-0.2, 0) is 13.0 Å². The van der Waals surface area contributed by atoms with Gasteiger partial charge in [-0.1, -0.05) is 6.08 Å². The van der Waals surface area contributed by atoms with Crippen molar-refractivity contribution in [3.05, 3.63) is 58.1 Å². The summed E-state index contributed by atoms with van der Waals surface area (Å²) in [6.45, 7) is 6.10. The molecule has 0 saturated heterocycles. The van der Waals surface area contributed by atoms with E-state index in [2.05, 4.69) is 37.0 Å². The first kappa shape index (κ1) is 17.1. The van der Waals surface area contributed by atoms with Gasteiger partial charge in [0.05, 0.1) is 24.0 Å². The molecule has 8 nitrogen and oxygen atoms in total. The number of hydrogen-bond acceptors (Lipinski definition) is 7. The highest BCUT2D eigenvalue weighted by atomic mass is 32.1. The van der Waals surface area contributed by atoms with Gasteiger partial charge in [0, 0.05) is 18.1 Å². The molecular formula is C15H15N7OS2. The van der Waals surface area contributed by atoms with Gasteiger partial charge in [-0.05, 0) is 19.1 Å². The highest BCUT2D eigenvalue weighted by Gasteiger charge is 2.13. The second-order valence-electron chi connectivity index (χ2n) is 5.16. The maximum Gasteiger partial charge on any atom is 0.277 e. The number of aromatic amines is 1. The first-order chi connectivity index (χ1) is 12.1. The van der Waals surface area contributed by atoms with Crippen molar-refractivity contribution in [3.63, 3.8) is 0 Å². The number of thiazole rings is 1. The molecule has 128 valence electrons. The third kappa shape index (κ3) is 4.03. The molecule has 0 aromatic carbocycles. The molecule has 0 unspecified atom stereocenters. The quantitative estimate of drug-likeness (QED) is 0.509. The average molecular weight is 373 g/mol. The molecule has 0 aliphatic rings. The molecule has 0 radical (unpaired) electrons. The van der Waals surface area contributed by atoms with E-state index >= 15 is 0 Å². The third-order valence-corrected chi connectivity index (χ3v) is 4.39. The molecule has 10 heteroatoms. The fraction of sp³-hybridized carbons (Fsp3) is 0.200. The molecule has 0 spiro atoms. The Balaban J connectivity index is 1.70. The molecule has 1 amide bonds. The summed E-state index contributed by atoms with van der Waals surface area (Å²) in [4.78, 5) is 24.7. The van der Waals surface area contributed by atoms with E-state index in [0.29, 0.717) is 22.9 Å². The molecule has 0 atom stereocenters. The van der Waals surface area contributed by atoms with Crippen molar-refractivity contribution in [1.29, 1.82) is 0 Å². The topological polar surface area (TPSA) is 101 Å². The van der Waals surface area contributed by atoms with Crippen LogP contribution >= 0.6 is 23.6 Å². The third-order valence-electron chi connectivity index (χ3n) is 3.27. The molecule has 3 rings (SSSR count). The van der Waals surface area contributed by atoms with Gasteiger partial charge in [0.25, 0.3) is 5.91 Å². The Kier molecular flexibility index (Phi) is 5.10. The van der Waals surface area contributed by atoms with Gasteiger partial charge >= 0.3 is 0 Å². The molecular weight excluding hydrogens is 358 g/mol. The average Bonchev–Trinajstić information content (AvgIpc) is 3.17. The second kappa shape index (κ2) is 7.45. The first-order valence-electron chi connectivity index (χ1n) is 7.36. The van der Waals surface area contributed by atoms with Crippen LogP contribution in [0.25, 0.3) is 0 Å². The van der Waals surface area contributed by atoms with Gasteiger partial charge in [-0.2, -0.15) is 5.10 Å². The molecule has 25 heavy (non-hydrogen) atoms. The molecule has 2 N–H and O–H groups in total. The fourth-order valence-electron chi connectivity index (χ4n) is 2.08. The van der Waals surface area contributed by atoms with E-state index in [1.165, 1.54) is 17.5 Å². The number of nitrogens with one attached hydrogen (secondary N) is 2. The Morgan fingerprint density at radius 3 is 3.04 bits per heavy atom. The molecule has 0 aliphatic carbocycles. The van der Waals surface area contributed by atoms with E-state index in [0.717, 1.165) is 17.2 Å². The van der Waals surface area contributed by atoms with Crippen LogP contribution in [0.15, 0.2) is 30.4 Å². The van der Waals surface area contributed by atoms with E-state index in [1.54, 1.807) is 12.3 Å². The number of aromatic nitrogens is 6. The normalized spacial score (nSPS) is 10.6. The standard InChI is InChI=1S/C15H15N7OS2/c1-3-4-22-12(20-21-15(22)24)5-10-8-25-14(18-10)19-13(23)11-7-16-9(2)6-17-11/h3,6-8H,1,4-5H2,2H3,(H,21,24)(H,18,19,23). The van der Waals surface area contributed by atoms with Crippen LogP contribution in [0.5, 0.6) is 0 Å². The number of allylic oxidation sites excluding steroid dienone is 1. The zero-order chi connectivity index (χ0) is 17.8. The minimum absolute atomic E-state index is 0.245. The van der Waals surface area contributed by atoms with Gasteiger partial charge in [-0.3, -0.25) is 24.8 Å². The van der Waals surface area contributed by atoms with Gasteiger partial charge in [-0.25, -0.2) is 9.97 Å². The van der Waals surface area contributed by atoms with Gasteiger partial charge in [0.2, 0.25) is 0 Å². The summed E-state index contributed by atoms with van der Waals surface area (Å²) >= 11 is 6.53. The zero-order valence-electron chi connectivity index (χ0n) is 13.4. The smallest absolute Gasteiger partial charge is 0.277 e. The minimum Gasteiger partial charge on any atom is -0.300 e. The van der Waals surface area contributed by atoms with Gasteiger partial charge < -0.3 is 0 Å². The number of rotatable bonds is 6. The molecule has 0 fully saturated rings. The number of carbonyl (C=O) groups excluding carboxylic acids is 1. The van der Waals surface area contributed by atoms with Crippen LogP contribution in [0.4, 0.5) is 5.13 Å². The van der Waals surface area contributed by atoms with E-state index < -0.39 is 0 Å². The van der Waals surface area contributed by atoms with Crippen LogP contribution in [0.3, 0.4) is 0 Å². The lowest BCUT2D eigenvalue weighted by molar-refractivity contribution is 0.102. The monoisotopic (exact) mass is 373 g/mol. The summed E-state index contributed by atoms with van der Waals surface area (Å²) in [6, 6.07) is 0. The maximum atomic E-state index is 12.1. The predicted octanol–water partition coefficient (Wildman–Crippen LogP) is 2.52. The summed E-state index contributed by atoms with van der Waals surface area (Å²) < 4.78 is 2.39. The van der Waals surface area contributed by atoms with Gasteiger partial charge in [0.1, 0.15) is 11.5 Å². The van der Waals surface area contributed by atoms with E-state index in [4.69, 9.17) is 12.2 Å². The van der Waals surface area contributed by atoms with Crippen molar-refractivity contribution in [1.82, 2.24) is 29.7 Å². The summed E-state index contributed by atoms with van der Waals surface area (Å²) in [7, 11) is 0. The van der Waals surface area contributed by atoms with Crippen molar-refractivity contribution in [2.45, 2.75) is 19.9 Å². The summed E-state index contributed by atoms with van der Waals surface area (Å²) in [5.41, 5.74) is 1.78. The summed E-state index contributed by atoms with van der Waals surface area (Å²) in [5, 5.41) is 12.1. The predicted molar refractivity (Wildman–Crippen MR) is 97.3 cm³/mol. The molecule has 3 aromatic heterocycles. The Labute approximate surface area is 152 Å². The number of amides is 1. The van der Waals surface area contributed by atoms with E-state index in [-0.39, 0.29) is 11.6 Å². The maximum absolute atomic E-state index is 12.1. The number of anilines is 1.